The summed E-state index contributed by atoms with van der Waals surface area (Å²) in [6.07, 6.45) is 0. The van der Waals surface area contributed by atoms with E-state index in [0.29, 0.717) is 22.4 Å². The van der Waals surface area contributed by atoms with Gasteiger partial charge in [-0.25, -0.2) is 9.97 Å². The van der Waals surface area contributed by atoms with Gasteiger partial charge in [0.05, 0.1) is 22.0 Å². The average molecular weight is 427 g/mol. The SMILES string of the molecule is COc1ccc(C)c2sc(N(CCN(C)C)C(=O)c3nc4ccccc4s3)nc12. The van der Waals surface area contributed by atoms with Crippen LogP contribution < -0.4 is 9.64 Å². The highest BCUT2D eigenvalue weighted by Gasteiger charge is 2.25. The van der Waals surface area contributed by atoms with Crippen LogP contribution in [0.4, 0.5) is 5.13 Å². The van der Waals surface area contributed by atoms with E-state index >= 15 is 0 Å². The molecule has 150 valence electrons. The number of hydrogen-bond acceptors (Lipinski definition) is 7. The summed E-state index contributed by atoms with van der Waals surface area (Å²) in [5, 5.41) is 1.15. The van der Waals surface area contributed by atoms with Gasteiger partial charge in [-0.1, -0.05) is 29.5 Å². The Morgan fingerprint density at radius 1 is 1.07 bits per heavy atom. The zero-order valence-corrected chi connectivity index (χ0v) is 18.4. The van der Waals surface area contributed by atoms with Crippen molar-refractivity contribution in [3.63, 3.8) is 0 Å². The molecule has 0 aliphatic carbocycles. The van der Waals surface area contributed by atoms with E-state index in [4.69, 9.17) is 9.72 Å². The second-order valence-corrected chi connectivity index (χ2v) is 9.01. The van der Waals surface area contributed by atoms with E-state index in [9.17, 15) is 4.79 Å². The van der Waals surface area contributed by atoms with Gasteiger partial charge >= 0.3 is 0 Å². The number of thiazole rings is 2. The number of anilines is 1. The molecule has 6 nitrogen and oxygen atoms in total. The maximum Gasteiger partial charge on any atom is 0.289 e. The Kier molecular flexibility index (Phi) is 5.49. The summed E-state index contributed by atoms with van der Waals surface area (Å²) in [6.45, 7) is 3.30. The molecule has 0 radical (unpaired) electrons. The summed E-state index contributed by atoms with van der Waals surface area (Å²) in [7, 11) is 5.62. The number of benzene rings is 2. The first-order valence-electron chi connectivity index (χ1n) is 9.24. The van der Waals surface area contributed by atoms with Crippen molar-refractivity contribution in [1.82, 2.24) is 14.9 Å². The smallest absolute Gasteiger partial charge is 0.289 e. The van der Waals surface area contributed by atoms with Crippen molar-refractivity contribution in [2.24, 2.45) is 0 Å². The molecule has 4 rings (SSSR count). The summed E-state index contributed by atoms with van der Waals surface area (Å²) in [6, 6.07) is 11.7. The number of amides is 1. The number of likely N-dealkylation sites (N-methyl/N-ethyl adjacent to an activating group) is 1. The van der Waals surface area contributed by atoms with Gasteiger partial charge in [0.25, 0.3) is 5.91 Å². The molecular weight excluding hydrogens is 404 g/mol. The number of hydrogen-bond donors (Lipinski definition) is 0. The van der Waals surface area contributed by atoms with E-state index in [1.54, 1.807) is 12.0 Å². The van der Waals surface area contributed by atoms with Gasteiger partial charge in [0.2, 0.25) is 0 Å². The first-order valence-corrected chi connectivity index (χ1v) is 10.9. The molecule has 0 saturated heterocycles. The fourth-order valence-corrected chi connectivity index (χ4v) is 5.03. The van der Waals surface area contributed by atoms with Gasteiger partial charge in [-0.15, -0.1) is 11.3 Å². The highest BCUT2D eigenvalue weighted by Crippen LogP contribution is 2.37. The van der Waals surface area contributed by atoms with E-state index < -0.39 is 0 Å². The van der Waals surface area contributed by atoms with Crippen molar-refractivity contribution in [2.75, 3.05) is 39.2 Å². The van der Waals surface area contributed by atoms with E-state index in [2.05, 4.69) is 9.88 Å². The second-order valence-electron chi connectivity index (χ2n) is 7.01. The third-order valence-electron chi connectivity index (χ3n) is 4.64. The van der Waals surface area contributed by atoms with Crippen LogP contribution in [0.15, 0.2) is 36.4 Å². The lowest BCUT2D eigenvalue weighted by atomic mass is 10.2. The van der Waals surface area contributed by atoms with Gasteiger partial charge in [0, 0.05) is 13.1 Å². The Morgan fingerprint density at radius 3 is 2.59 bits per heavy atom. The number of nitrogens with zero attached hydrogens (tertiary/aromatic N) is 4. The molecule has 2 heterocycles. The third-order valence-corrected chi connectivity index (χ3v) is 6.87. The molecule has 0 bridgehead atoms. The number of ether oxygens (including phenoxy) is 1. The molecule has 2 aromatic heterocycles. The van der Waals surface area contributed by atoms with Crippen LogP contribution in [0.5, 0.6) is 5.75 Å². The Hall–Kier alpha value is -2.55. The van der Waals surface area contributed by atoms with Crippen LogP contribution in [0.1, 0.15) is 15.4 Å². The molecule has 4 aromatic rings. The summed E-state index contributed by atoms with van der Waals surface area (Å²) in [5.74, 6) is 0.594. The Morgan fingerprint density at radius 2 is 1.86 bits per heavy atom. The number of aryl methyl sites for hydroxylation is 1. The molecule has 0 N–H and O–H groups in total. The molecule has 1 amide bonds. The molecule has 0 fully saturated rings. The molecule has 0 atom stereocenters. The van der Waals surface area contributed by atoms with E-state index in [0.717, 1.165) is 32.5 Å². The second kappa shape index (κ2) is 8.06. The predicted octanol–water partition coefficient (Wildman–Crippen LogP) is 4.43. The van der Waals surface area contributed by atoms with Gasteiger partial charge in [-0.3, -0.25) is 9.69 Å². The summed E-state index contributed by atoms with van der Waals surface area (Å²) >= 11 is 2.93. The van der Waals surface area contributed by atoms with Gasteiger partial charge in [0.15, 0.2) is 10.1 Å². The van der Waals surface area contributed by atoms with Gasteiger partial charge in [-0.05, 0) is 44.8 Å². The van der Waals surface area contributed by atoms with Crippen LogP contribution in [0.25, 0.3) is 20.4 Å². The highest BCUT2D eigenvalue weighted by atomic mass is 32.1. The quantitative estimate of drug-likeness (QED) is 0.456. The van der Waals surface area contributed by atoms with Crippen molar-refractivity contribution >= 4 is 54.1 Å². The van der Waals surface area contributed by atoms with Crippen LogP contribution in [-0.2, 0) is 0 Å². The standard InChI is InChI=1S/C21H22N4O2S2/c1-13-9-10-15(27-4)17-18(13)29-21(23-17)25(12-11-24(2)3)20(26)19-22-14-7-5-6-8-16(14)28-19/h5-10H,11-12H2,1-4H3. The summed E-state index contributed by atoms with van der Waals surface area (Å²) < 4.78 is 7.52. The van der Waals surface area contributed by atoms with Crippen molar-refractivity contribution in [3.8, 4) is 5.75 Å². The number of fused-ring (bicyclic) bond motifs is 2. The number of methoxy groups -OCH3 is 1. The molecule has 0 spiro atoms. The molecular formula is C21H22N4O2S2. The van der Waals surface area contributed by atoms with Crippen molar-refractivity contribution in [2.45, 2.75) is 6.92 Å². The Bertz CT molecular complexity index is 1150. The predicted molar refractivity (Wildman–Crippen MR) is 121 cm³/mol. The molecule has 2 aromatic carbocycles. The molecule has 8 heteroatoms. The molecule has 0 aliphatic heterocycles. The lowest BCUT2D eigenvalue weighted by Crippen LogP contribution is -2.36. The van der Waals surface area contributed by atoms with Crippen LogP contribution in [0, 0.1) is 6.92 Å². The number of para-hydroxylation sites is 1. The van der Waals surface area contributed by atoms with Crippen LogP contribution in [0.3, 0.4) is 0 Å². The summed E-state index contributed by atoms with van der Waals surface area (Å²) in [5.41, 5.74) is 2.75. The lowest BCUT2D eigenvalue weighted by molar-refractivity contribution is 0.0985. The van der Waals surface area contributed by atoms with Crippen molar-refractivity contribution in [1.29, 1.82) is 0 Å². The average Bonchev–Trinajstić information content (AvgIpc) is 3.33. The first-order chi connectivity index (χ1) is 14.0. The summed E-state index contributed by atoms with van der Waals surface area (Å²) in [4.78, 5) is 26.6. The van der Waals surface area contributed by atoms with Crippen LogP contribution in [0.2, 0.25) is 0 Å². The molecule has 0 aliphatic rings. The normalized spacial score (nSPS) is 11.5. The Balaban J connectivity index is 1.78. The zero-order chi connectivity index (χ0) is 20.5. The fourth-order valence-electron chi connectivity index (χ4n) is 3.04. The van der Waals surface area contributed by atoms with Crippen molar-refractivity contribution in [3.05, 3.63) is 47.0 Å². The van der Waals surface area contributed by atoms with Gasteiger partial charge in [-0.2, -0.15) is 0 Å². The monoisotopic (exact) mass is 426 g/mol. The number of rotatable bonds is 6. The van der Waals surface area contributed by atoms with Crippen LogP contribution in [-0.4, -0.2) is 55.1 Å². The zero-order valence-electron chi connectivity index (χ0n) is 16.8. The number of carbonyl (C=O) groups is 1. The largest absolute Gasteiger partial charge is 0.494 e. The topological polar surface area (TPSA) is 58.6 Å². The third kappa shape index (κ3) is 3.83. The van der Waals surface area contributed by atoms with Crippen molar-refractivity contribution < 1.29 is 9.53 Å². The first kappa shape index (κ1) is 19.8. The van der Waals surface area contributed by atoms with E-state index in [1.807, 2.05) is 57.4 Å². The Labute approximate surface area is 177 Å². The molecule has 0 saturated carbocycles. The van der Waals surface area contributed by atoms with E-state index in [1.165, 1.54) is 22.7 Å². The van der Waals surface area contributed by atoms with Crippen LogP contribution >= 0.6 is 22.7 Å². The molecule has 29 heavy (non-hydrogen) atoms. The van der Waals surface area contributed by atoms with Gasteiger partial charge in [0.1, 0.15) is 11.3 Å². The molecule has 0 unspecified atom stereocenters. The number of carbonyl (C=O) groups excluding carboxylic acids is 1. The maximum atomic E-state index is 13.4. The highest BCUT2D eigenvalue weighted by molar-refractivity contribution is 7.23. The fraction of sp³-hybridized carbons (Fsp3) is 0.286. The minimum Gasteiger partial charge on any atom is -0.494 e. The minimum absolute atomic E-state index is 0.122. The minimum atomic E-state index is -0.122. The lowest BCUT2D eigenvalue weighted by Gasteiger charge is -2.20. The van der Waals surface area contributed by atoms with Gasteiger partial charge < -0.3 is 9.64 Å². The van der Waals surface area contributed by atoms with E-state index in [-0.39, 0.29) is 5.91 Å². The maximum absolute atomic E-state index is 13.4. The number of aromatic nitrogens is 2.